The van der Waals surface area contributed by atoms with Crippen LogP contribution in [0.3, 0.4) is 0 Å². The zero-order valence-electron chi connectivity index (χ0n) is 10.5. The summed E-state index contributed by atoms with van der Waals surface area (Å²) < 4.78 is 1.45. The number of nitro groups is 1. The lowest BCUT2D eigenvalue weighted by molar-refractivity contribution is -0.387. The molecule has 1 aliphatic rings. The topological polar surface area (TPSA) is 85.4 Å². The number of rotatable bonds is 2. The largest absolute Gasteiger partial charge is 0.502 e. The fourth-order valence-electron chi connectivity index (χ4n) is 2.60. The van der Waals surface area contributed by atoms with E-state index in [0.717, 1.165) is 18.5 Å². The molecule has 1 aromatic heterocycles. The second-order valence-corrected chi connectivity index (χ2v) is 4.86. The fraction of sp³-hybridized carbons (Fsp3) is 0.583. The van der Waals surface area contributed by atoms with Crippen molar-refractivity contribution in [1.82, 2.24) is 4.57 Å². The molecule has 18 heavy (non-hydrogen) atoms. The first-order valence-corrected chi connectivity index (χ1v) is 6.08. The summed E-state index contributed by atoms with van der Waals surface area (Å²) in [5.41, 5.74) is -0.0666. The van der Waals surface area contributed by atoms with Gasteiger partial charge in [0.05, 0.1) is 4.92 Å². The highest BCUT2D eigenvalue weighted by atomic mass is 16.6. The summed E-state index contributed by atoms with van der Waals surface area (Å²) in [4.78, 5) is 22.3. The Morgan fingerprint density at radius 3 is 2.50 bits per heavy atom. The third kappa shape index (κ3) is 1.77. The van der Waals surface area contributed by atoms with Gasteiger partial charge in [-0.25, -0.2) is 0 Å². The van der Waals surface area contributed by atoms with E-state index >= 15 is 0 Å². The monoisotopic (exact) mass is 252 g/mol. The van der Waals surface area contributed by atoms with Crippen molar-refractivity contribution in [3.63, 3.8) is 0 Å². The van der Waals surface area contributed by atoms with Crippen molar-refractivity contribution >= 4 is 5.69 Å². The van der Waals surface area contributed by atoms with Gasteiger partial charge in [0, 0.05) is 17.3 Å². The molecule has 0 aliphatic heterocycles. The van der Waals surface area contributed by atoms with Crippen LogP contribution in [0.5, 0.6) is 5.75 Å². The molecule has 0 amide bonds. The summed E-state index contributed by atoms with van der Waals surface area (Å²) in [6.07, 6.45) is 3.10. The minimum atomic E-state index is -0.786. The van der Waals surface area contributed by atoms with Crippen molar-refractivity contribution in [2.75, 3.05) is 0 Å². The van der Waals surface area contributed by atoms with Crippen LogP contribution >= 0.6 is 0 Å². The van der Waals surface area contributed by atoms with Gasteiger partial charge in [0.1, 0.15) is 0 Å². The standard InChI is InChI=1S/C12H16N2O4/c1-7(2)13-9-6-4-3-5-8(9)11(15)10(12(13)16)14(17)18/h7,15H,3-6H2,1-2H3. The Bertz CT molecular complexity index is 560. The average molecular weight is 252 g/mol. The molecule has 0 bridgehead atoms. The predicted molar refractivity (Wildman–Crippen MR) is 66.0 cm³/mol. The average Bonchev–Trinajstić information content (AvgIpc) is 2.28. The highest BCUT2D eigenvalue weighted by Crippen LogP contribution is 2.34. The minimum Gasteiger partial charge on any atom is -0.502 e. The predicted octanol–water partition coefficient (Wildman–Crippen LogP) is 1.92. The molecule has 1 heterocycles. The molecular formula is C12H16N2O4. The van der Waals surface area contributed by atoms with Crippen LogP contribution in [0, 0.1) is 10.1 Å². The van der Waals surface area contributed by atoms with Gasteiger partial charge in [-0.3, -0.25) is 14.9 Å². The molecular weight excluding hydrogens is 236 g/mol. The molecule has 1 aromatic rings. The Kier molecular flexibility index (Phi) is 3.11. The Balaban J connectivity index is 2.85. The van der Waals surface area contributed by atoms with Crippen LogP contribution in [0.25, 0.3) is 0 Å². The maximum Gasteiger partial charge on any atom is 0.375 e. The molecule has 98 valence electrons. The van der Waals surface area contributed by atoms with E-state index in [9.17, 15) is 20.0 Å². The highest BCUT2D eigenvalue weighted by molar-refractivity contribution is 5.52. The molecule has 1 aliphatic carbocycles. The van der Waals surface area contributed by atoms with E-state index in [2.05, 4.69) is 0 Å². The summed E-state index contributed by atoms with van der Waals surface area (Å²) in [6, 6.07) is -0.149. The first-order chi connectivity index (χ1) is 8.45. The van der Waals surface area contributed by atoms with Gasteiger partial charge in [-0.2, -0.15) is 0 Å². The van der Waals surface area contributed by atoms with Crippen LogP contribution in [-0.4, -0.2) is 14.6 Å². The second-order valence-electron chi connectivity index (χ2n) is 4.86. The van der Waals surface area contributed by atoms with Crippen molar-refractivity contribution in [1.29, 1.82) is 0 Å². The molecule has 2 rings (SSSR count). The van der Waals surface area contributed by atoms with Crippen LogP contribution in [0.4, 0.5) is 5.69 Å². The van der Waals surface area contributed by atoms with Gasteiger partial charge >= 0.3 is 11.2 Å². The van der Waals surface area contributed by atoms with E-state index in [1.807, 2.05) is 13.8 Å². The number of hydrogen-bond donors (Lipinski definition) is 1. The lowest BCUT2D eigenvalue weighted by Crippen LogP contribution is -2.30. The molecule has 0 radical (unpaired) electrons. The quantitative estimate of drug-likeness (QED) is 0.643. The molecule has 1 N–H and O–H groups in total. The van der Waals surface area contributed by atoms with Gasteiger partial charge in [-0.15, -0.1) is 0 Å². The number of fused-ring (bicyclic) bond motifs is 1. The number of hydrogen-bond acceptors (Lipinski definition) is 4. The maximum atomic E-state index is 12.1. The molecule has 6 nitrogen and oxygen atoms in total. The molecule has 0 saturated carbocycles. The van der Waals surface area contributed by atoms with E-state index in [-0.39, 0.29) is 6.04 Å². The lowest BCUT2D eigenvalue weighted by Gasteiger charge is -2.23. The van der Waals surface area contributed by atoms with E-state index in [4.69, 9.17) is 0 Å². The lowest BCUT2D eigenvalue weighted by atomic mass is 9.94. The van der Waals surface area contributed by atoms with Gasteiger partial charge in [-0.05, 0) is 39.5 Å². The van der Waals surface area contributed by atoms with Crippen molar-refractivity contribution in [2.24, 2.45) is 0 Å². The maximum absolute atomic E-state index is 12.1. The first-order valence-electron chi connectivity index (χ1n) is 6.08. The summed E-state index contributed by atoms with van der Waals surface area (Å²) >= 11 is 0. The summed E-state index contributed by atoms with van der Waals surface area (Å²) in [6.45, 7) is 3.63. The molecule has 0 spiro atoms. The van der Waals surface area contributed by atoms with Crippen molar-refractivity contribution in [3.8, 4) is 5.75 Å². The highest BCUT2D eigenvalue weighted by Gasteiger charge is 2.30. The van der Waals surface area contributed by atoms with Gasteiger partial charge in [0.2, 0.25) is 5.75 Å². The Labute approximate surface area is 104 Å². The van der Waals surface area contributed by atoms with Crippen molar-refractivity contribution < 1.29 is 10.0 Å². The zero-order valence-corrected chi connectivity index (χ0v) is 10.5. The van der Waals surface area contributed by atoms with E-state index in [1.165, 1.54) is 4.57 Å². The van der Waals surface area contributed by atoms with Crippen molar-refractivity contribution in [3.05, 3.63) is 31.7 Å². The molecule has 0 saturated heterocycles. The number of pyridine rings is 1. The number of nitrogens with zero attached hydrogens (tertiary/aromatic N) is 2. The van der Waals surface area contributed by atoms with Crippen molar-refractivity contribution in [2.45, 2.75) is 45.6 Å². The molecule has 0 aromatic carbocycles. The molecule has 0 atom stereocenters. The van der Waals surface area contributed by atoms with E-state index in [0.29, 0.717) is 18.4 Å². The van der Waals surface area contributed by atoms with Gasteiger partial charge < -0.3 is 9.67 Å². The molecule has 0 unspecified atom stereocenters. The van der Waals surface area contributed by atoms with Crippen LogP contribution in [0.2, 0.25) is 0 Å². The molecule has 0 fully saturated rings. The Morgan fingerprint density at radius 2 is 1.94 bits per heavy atom. The summed E-state index contributed by atoms with van der Waals surface area (Å²) in [5.74, 6) is -0.434. The zero-order chi connectivity index (χ0) is 13.4. The van der Waals surface area contributed by atoms with Crippen LogP contribution < -0.4 is 5.56 Å². The first kappa shape index (κ1) is 12.6. The third-order valence-corrected chi connectivity index (χ3v) is 3.36. The molecule has 6 heteroatoms. The van der Waals surface area contributed by atoms with Crippen LogP contribution in [-0.2, 0) is 12.8 Å². The summed E-state index contributed by atoms with van der Waals surface area (Å²) in [7, 11) is 0. The van der Waals surface area contributed by atoms with Gasteiger partial charge in [-0.1, -0.05) is 0 Å². The van der Waals surface area contributed by atoms with Crippen LogP contribution in [0.15, 0.2) is 4.79 Å². The normalized spacial score (nSPS) is 14.6. The van der Waals surface area contributed by atoms with Gasteiger partial charge in [0.25, 0.3) is 0 Å². The third-order valence-electron chi connectivity index (χ3n) is 3.36. The fourth-order valence-corrected chi connectivity index (χ4v) is 2.60. The van der Waals surface area contributed by atoms with E-state index < -0.39 is 21.9 Å². The smallest absolute Gasteiger partial charge is 0.375 e. The number of aromatic nitrogens is 1. The minimum absolute atomic E-state index is 0.149. The van der Waals surface area contributed by atoms with Crippen LogP contribution in [0.1, 0.15) is 44.0 Å². The van der Waals surface area contributed by atoms with Gasteiger partial charge in [0.15, 0.2) is 0 Å². The van der Waals surface area contributed by atoms with E-state index in [1.54, 1.807) is 0 Å². The Hall–Kier alpha value is -1.85. The summed E-state index contributed by atoms with van der Waals surface area (Å²) in [5, 5.41) is 20.9. The number of aromatic hydroxyl groups is 1. The SMILES string of the molecule is CC(C)n1c2c(c(O)c([N+](=O)[O-])c1=O)CCCC2. The Morgan fingerprint density at radius 1 is 1.33 bits per heavy atom. The second kappa shape index (κ2) is 4.44.